The highest BCUT2D eigenvalue weighted by molar-refractivity contribution is 5.72. The Morgan fingerprint density at radius 2 is 0.566 bits per heavy atom. The fraction of sp³-hybridized carbons (Fsp3) is 0.586. The summed E-state index contributed by atoms with van der Waals surface area (Å²) < 4.78 is 16.8. The summed E-state index contributed by atoms with van der Waals surface area (Å²) >= 11 is 0. The summed E-state index contributed by atoms with van der Waals surface area (Å²) in [6, 6.07) is 0. The number of carbonyl (C=O) groups is 3. The molecule has 0 amide bonds. The molecule has 0 heterocycles. The van der Waals surface area contributed by atoms with Gasteiger partial charge >= 0.3 is 17.9 Å². The second kappa shape index (κ2) is 62.6. The third kappa shape index (κ3) is 59.9. The number of carbonyl (C=O) groups excluding carboxylic acids is 3. The van der Waals surface area contributed by atoms with Crippen LogP contribution in [0.3, 0.4) is 0 Å². The Bertz CT molecular complexity index is 1720. The summed E-state index contributed by atoms with van der Waals surface area (Å²) in [5.74, 6) is -1.11. The van der Waals surface area contributed by atoms with Crippen LogP contribution in [0.15, 0.2) is 158 Å². The SMILES string of the molecule is CC/C=C\C/C=C\C/C=C\C/C=C\C/C=C\C/C=C\C/C=C\CCCCCC(=O)OCC(COC(=O)C/C=C\C/C=C\C/C=C\C/C=C\C/C=C\CC)OC(=O)CCCCCCCCC/C=C\CCCCCCCCC. The molecule has 0 radical (unpaired) electrons. The van der Waals surface area contributed by atoms with Crippen LogP contribution in [0.25, 0.3) is 0 Å². The summed E-state index contributed by atoms with van der Waals surface area (Å²) in [5, 5.41) is 0. The molecule has 0 aromatic carbocycles. The van der Waals surface area contributed by atoms with E-state index >= 15 is 0 Å². The van der Waals surface area contributed by atoms with Crippen molar-refractivity contribution in [3.05, 3.63) is 158 Å². The van der Waals surface area contributed by atoms with Gasteiger partial charge in [0.2, 0.25) is 0 Å². The highest BCUT2D eigenvalue weighted by Crippen LogP contribution is 2.14. The maximum atomic E-state index is 12.9. The van der Waals surface area contributed by atoms with Gasteiger partial charge in [-0.2, -0.15) is 0 Å². The quantitative estimate of drug-likeness (QED) is 0.0261. The van der Waals surface area contributed by atoms with E-state index in [2.05, 4.69) is 167 Å². The molecule has 0 saturated heterocycles. The van der Waals surface area contributed by atoms with Crippen LogP contribution in [-0.2, 0) is 28.6 Å². The molecular weight excluding hydrogens is 937 g/mol. The molecule has 1 unspecified atom stereocenters. The van der Waals surface area contributed by atoms with Crippen LogP contribution in [0.4, 0.5) is 0 Å². The topological polar surface area (TPSA) is 78.9 Å². The maximum absolute atomic E-state index is 12.9. The summed E-state index contributed by atoms with van der Waals surface area (Å²) in [4.78, 5) is 38.2. The third-order valence-electron chi connectivity index (χ3n) is 12.3. The highest BCUT2D eigenvalue weighted by atomic mass is 16.6. The molecule has 0 aliphatic rings. The van der Waals surface area contributed by atoms with Crippen LogP contribution in [-0.4, -0.2) is 37.2 Å². The number of hydrogen-bond donors (Lipinski definition) is 0. The van der Waals surface area contributed by atoms with Gasteiger partial charge in [0.15, 0.2) is 6.10 Å². The van der Waals surface area contributed by atoms with Crippen molar-refractivity contribution >= 4 is 17.9 Å². The van der Waals surface area contributed by atoms with E-state index in [9.17, 15) is 14.4 Å². The van der Waals surface area contributed by atoms with Gasteiger partial charge in [0, 0.05) is 12.8 Å². The van der Waals surface area contributed by atoms with E-state index in [0.717, 1.165) is 122 Å². The normalized spacial score (nSPS) is 13.2. The molecule has 0 rings (SSSR count). The summed E-state index contributed by atoms with van der Waals surface area (Å²) in [5.41, 5.74) is 0. The number of esters is 3. The van der Waals surface area contributed by atoms with Gasteiger partial charge in [0.1, 0.15) is 13.2 Å². The van der Waals surface area contributed by atoms with Gasteiger partial charge < -0.3 is 14.2 Å². The Labute approximate surface area is 467 Å². The molecule has 76 heavy (non-hydrogen) atoms. The van der Waals surface area contributed by atoms with Crippen molar-refractivity contribution in [2.24, 2.45) is 0 Å². The Balaban J connectivity index is 4.55. The minimum Gasteiger partial charge on any atom is -0.462 e. The fourth-order valence-electron chi connectivity index (χ4n) is 7.78. The zero-order chi connectivity index (χ0) is 55.0. The standard InChI is InChI=1S/C70H110O6/c1-4-7-10-13-16-19-22-25-28-30-32-33-34-35-36-37-38-40-42-45-48-51-54-57-60-63-69(72)75-66-67(65-74-68(71)62-59-56-53-50-47-44-41-27-24-21-18-15-12-9-6-3)76-70(73)64-61-58-55-52-49-46-43-39-31-29-26-23-20-17-14-11-8-5-2/h7,9-10,12,16,18-19,21,25,27-29,31-33,35-36,38,40-41,45,47-48,50,56,59,67H,4-6,8,11,13-15,17,20,22-24,26,30,34,37,39,42-44,46,49,51-55,57-58,60-66H2,1-3H3/b10-7-,12-9-,19-16-,21-18-,28-25-,31-29-,33-32-,36-35-,40-38-,41-27-,48-45-,50-47-,59-56-. The number of hydrogen-bond acceptors (Lipinski definition) is 6. The monoisotopic (exact) mass is 1050 g/mol. The second-order valence-electron chi connectivity index (χ2n) is 19.5. The Morgan fingerprint density at radius 1 is 0.289 bits per heavy atom. The van der Waals surface area contributed by atoms with Gasteiger partial charge in [-0.25, -0.2) is 0 Å². The van der Waals surface area contributed by atoms with E-state index in [4.69, 9.17) is 14.2 Å². The molecule has 0 spiro atoms. The molecule has 0 aromatic rings. The van der Waals surface area contributed by atoms with E-state index in [1.165, 1.54) is 83.5 Å². The van der Waals surface area contributed by atoms with Crippen LogP contribution in [0, 0.1) is 0 Å². The van der Waals surface area contributed by atoms with Gasteiger partial charge in [-0.3, -0.25) is 14.4 Å². The van der Waals surface area contributed by atoms with Gasteiger partial charge in [-0.05, 0) is 128 Å². The lowest BCUT2D eigenvalue weighted by Crippen LogP contribution is -2.30. The van der Waals surface area contributed by atoms with Crippen molar-refractivity contribution in [1.82, 2.24) is 0 Å². The molecule has 6 nitrogen and oxygen atoms in total. The van der Waals surface area contributed by atoms with Gasteiger partial charge in [0.05, 0.1) is 6.42 Å². The summed E-state index contributed by atoms with van der Waals surface area (Å²) in [6.07, 6.45) is 91.2. The number of allylic oxidation sites excluding steroid dienone is 25. The van der Waals surface area contributed by atoms with E-state index < -0.39 is 12.1 Å². The molecule has 0 saturated carbocycles. The third-order valence-corrected chi connectivity index (χ3v) is 12.3. The largest absolute Gasteiger partial charge is 0.462 e. The summed E-state index contributed by atoms with van der Waals surface area (Å²) in [7, 11) is 0. The molecule has 0 N–H and O–H groups in total. The molecule has 426 valence electrons. The first-order valence-electron chi connectivity index (χ1n) is 30.5. The Kier molecular flexibility index (Phi) is 58.5. The minimum atomic E-state index is -0.843. The Morgan fingerprint density at radius 3 is 0.947 bits per heavy atom. The molecule has 0 aromatic heterocycles. The average molecular weight is 1050 g/mol. The smallest absolute Gasteiger partial charge is 0.309 e. The zero-order valence-electron chi connectivity index (χ0n) is 48.7. The molecule has 0 bridgehead atoms. The molecular formula is C70H110O6. The van der Waals surface area contributed by atoms with Crippen LogP contribution >= 0.6 is 0 Å². The first kappa shape index (κ1) is 71.0. The number of unbranched alkanes of at least 4 members (excludes halogenated alkanes) is 17. The lowest BCUT2D eigenvalue weighted by Gasteiger charge is -2.18. The lowest BCUT2D eigenvalue weighted by atomic mass is 10.1. The first-order valence-corrected chi connectivity index (χ1v) is 30.5. The first-order chi connectivity index (χ1) is 37.5. The number of ether oxygens (including phenoxy) is 3. The minimum absolute atomic E-state index is 0.113. The zero-order valence-corrected chi connectivity index (χ0v) is 48.7. The average Bonchev–Trinajstić information content (AvgIpc) is 3.42. The molecule has 6 heteroatoms. The van der Waals surface area contributed by atoms with E-state index in [1.807, 2.05) is 6.08 Å². The van der Waals surface area contributed by atoms with E-state index in [1.54, 1.807) is 6.08 Å². The molecule has 1 atom stereocenters. The van der Waals surface area contributed by atoms with Crippen molar-refractivity contribution < 1.29 is 28.6 Å². The van der Waals surface area contributed by atoms with Crippen LogP contribution in [0.5, 0.6) is 0 Å². The number of rotatable bonds is 53. The van der Waals surface area contributed by atoms with Crippen molar-refractivity contribution in [2.75, 3.05) is 13.2 Å². The predicted molar refractivity (Wildman–Crippen MR) is 329 cm³/mol. The van der Waals surface area contributed by atoms with Crippen LogP contribution < -0.4 is 0 Å². The fourth-order valence-corrected chi connectivity index (χ4v) is 7.78. The van der Waals surface area contributed by atoms with E-state index in [-0.39, 0.29) is 38.0 Å². The van der Waals surface area contributed by atoms with Crippen molar-refractivity contribution in [2.45, 2.75) is 252 Å². The van der Waals surface area contributed by atoms with Crippen molar-refractivity contribution in [1.29, 1.82) is 0 Å². The van der Waals surface area contributed by atoms with Crippen molar-refractivity contribution in [3.63, 3.8) is 0 Å². The summed E-state index contributed by atoms with van der Waals surface area (Å²) in [6.45, 7) is 6.28. The lowest BCUT2D eigenvalue weighted by molar-refractivity contribution is -0.166. The van der Waals surface area contributed by atoms with Crippen LogP contribution in [0.2, 0.25) is 0 Å². The second-order valence-corrected chi connectivity index (χ2v) is 19.5. The van der Waals surface area contributed by atoms with E-state index in [0.29, 0.717) is 6.42 Å². The van der Waals surface area contributed by atoms with Crippen LogP contribution in [0.1, 0.15) is 245 Å². The maximum Gasteiger partial charge on any atom is 0.309 e. The predicted octanol–water partition coefficient (Wildman–Crippen LogP) is 20.9. The van der Waals surface area contributed by atoms with Crippen molar-refractivity contribution in [3.8, 4) is 0 Å². The highest BCUT2D eigenvalue weighted by Gasteiger charge is 2.19. The van der Waals surface area contributed by atoms with Gasteiger partial charge in [0.25, 0.3) is 0 Å². The molecule has 0 fully saturated rings. The molecule has 0 aliphatic carbocycles. The van der Waals surface area contributed by atoms with Gasteiger partial charge in [-0.1, -0.05) is 256 Å². The Hall–Kier alpha value is -4.97. The van der Waals surface area contributed by atoms with Gasteiger partial charge in [-0.15, -0.1) is 0 Å². The molecule has 0 aliphatic heterocycles.